The lowest BCUT2D eigenvalue weighted by atomic mass is 9.77. The van der Waals surface area contributed by atoms with Gasteiger partial charge in [-0.05, 0) is 30.9 Å². The average Bonchev–Trinajstić information content (AvgIpc) is 2.38. The van der Waals surface area contributed by atoms with E-state index in [1.807, 2.05) is 0 Å². The predicted octanol–water partition coefficient (Wildman–Crippen LogP) is 2.92. The van der Waals surface area contributed by atoms with Crippen molar-refractivity contribution in [2.45, 2.75) is 32.7 Å². The van der Waals surface area contributed by atoms with Gasteiger partial charge in [0.15, 0.2) is 5.82 Å². The largest absolute Gasteiger partial charge is 0.381 e. The summed E-state index contributed by atoms with van der Waals surface area (Å²) in [6, 6.07) is 3.93. The van der Waals surface area contributed by atoms with E-state index in [0.717, 1.165) is 25.5 Å². The van der Waals surface area contributed by atoms with Crippen LogP contribution in [0.1, 0.15) is 26.7 Å². The van der Waals surface area contributed by atoms with Gasteiger partial charge in [0.1, 0.15) is 0 Å². The van der Waals surface area contributed by atoms with E-state index in [-0.39, 0.29) is 17.1 Å². The van der Waals surface area contributed by atoms with Gasteiger partial charge in [-0.1, -0.05) is 13.8 Å². The van der Waals surface area contributed by atoms with Gasteiger partial charge in [-0.3, -0.25) is 10.1 Å². The highest BCUT2D eigenvalue weighted by Gasteiger charge is 2.31. The molecule has 0 bridgehead atoms. The van der Waals surface area contributed by atoms with Crippen molar-refractivity contribution in [1.82, 2.24) is 5.32 Å². The summed E-state index contributed by atoms with van der Waals surface area (Å²) in [7, 11) is 0. The van der Waals surface area contributed by atoms with Crippen molar-refractivity contribution in [3.63, 3.8) is 0 Å². The zero-order chi connectivity index (χ0) is 14.8. The molecule has 1 unspecified atom stereocenters. The molecular weight excluding hydrogens is 261 g/mol. The summed E-state index contributed by atoms with van der Waals surface area (Å²) in [5, 5.41) is 17.0. The first-order valence-corrected chi connectivity index (χ1v) is 6.81. The summed E-state index contributed by atoms with van der Waals surface area (Å²) >= 11 is 0. The maximum absolute atomic E-state index is 13.8. The van der Waals surface area contributed by atoms with Gasteiger partial charge in [0.25, 0.3) is 5.69 Å². The molecule has 2 rings (SSSR count). The minimum Gasteiger partial charge on any atom is -0.381 e. The number of halogens is 1. The summed E-state index contributed by atoms with van der Waals surface area (Å²) in [4.78, 5) is 9.96. The molecule has 1 aromatic rings. The fourth-order valence-electron chi connectivity index (χ4n) is 2.59. The Morgan fingerprint density at radius 3 is 2.90 bits per heavy atom. The highest BCUT2D eigenvalue weighted by molar-refractivity contribution is 5.50. The molecule has 20 heavy (non-hydrogen) atoms. The molecule has 0 amide bonds. The second kappa shape index (κ2) is 5.75. The number of hydrogen-bond acceptors (Lipinski definition) is 4. The smallest absolute Gasteiger partial charge is 0.272 e. The van der Waals surface area contributed by atoms with Crippen molar-refractivity contribution >= 4 is 11.4 Å². The standard InChI is InChI=1S/C14H20FN3O2/c1-14(2)6-3-7-16-13(14)9-17-12-5-4-10(18(19)20)8-11(12)15/h4-5,8,13,16-17H,3,6-7,9H2,1-2H3. The quantitative estimate of drug-likeness (QED) is 0.658. The minimum absolute atomic E-state index is 0.155. The number of piperidine rings is 1. The van der Waals surface area contributed by atoms with E-state index in [1.54, 1.807) is 0 Å². The molecule has 1 fully saturated rings. The van der Waals surface area contributed by atoms with E-state index < -0.39 is 10.7 Å². The number of non-ortho nitro benzene ring substituents is 1. The highest BCUT2D eigenvalue weighted by atomic mass is 19.1. The van der Waals surface area contributed by atoms with Crippen LogP contribution in [0.15, 0.2) is 18.2 Å². The SMILES string of the molecule is CC1(C)CCCNC1CNc1ccc([N+](=O)[O-])cc1F. The molecule has 110 valence electrons. The maximum atomic E-state index is 13.8. The van der Waals surface area contributed by atoms with E-state index in [0.29, 0.717) is 12.2 Å². The van der Waals surface area contributed by atoms with Crippen molar-refractivity contribution in [2.75, 3.05) is 18.4 Å². The molecule has 0 radical (unpaired) electrons. The van der Waals surface area contributed by atoms with Crippen molar-refractivity contribution in [1.29, 1.82) is 0 Å². The van der Waals surface area contributed by atoms with Gasteiger partial charge < -0.3 is 10.6 Å². The molecule has 0 aromatic heterocycles. The second-order valence-corrected chi connectivity index (χ2v) is 5.90. The molecular formula is C14H20FN3O2. The van der Waals surface area contributed by atoms with Crippen LogP contribution in [0.25, 0.3) is 0 Å². The first-order valence-electron chi connectivity index (χ1n) is 6.81. The van der Waals surface area contributed by atoms with Crippen molar-refractivity contribution in [3.8, 4) is 0 Å². The Hall–Kier alpha value is -1.69. The lowest BCUT2D eigenvalue weighted by Crippen LogP contribution is -2.50. The third-order valence-corrected chi connectivity index (χ3v) is 3.99. The molecule has 2 N–H and O–H groups in total. The number of nitro benzene ring substituents is 1. The summed E-state index contributed by atoms with van der Waals surface area (Å²) in [6.45, 7) is 5.95. The van der Waals surface area contributed by atoms with Crippen LogP contribution in [-0.2, 0) is 0 Å². The molecule has 1 heterocycles. The monoisotopic (exact) mass is 281 g/mol. The molecule has 6 heteroatoms. The van der Waals surface area contributed by atoms with Gasteiger partial charge in [-0.2, -0.15) is 0 Å². The molecule has 1 atom stereocenters. The Bertz CT molecular complexity index is 505. The Balaban J connectivity index is 2.02. The number of rotatable bonds is 4. The molecule has 1 aliphatic rings. The van der Waals surface area contributed by atoms with Gasteiger partial charge >= 0.3 is 0 Å². The third-order valence-electron chi connectivity index (χ3n) is 3.99. The zero-order valence-corrected chi connectivity index (χ0v) is 11.8. The fraction of sp³-hybridized carbons (Fsp3) is 0.571. The maximum Gasteiger partial charge on any atom is 0.272 e. The van der Waals surface area contributed by atoms with Crippen LogP contribution in [0.2, 0.25) is 0 Å². The number of benzene rings is 1. The van der Waals surface area contributed by atoms with Crippen LogP contribution >= 0.6 is 0 Å². The lowest BCUT2D eigenvalue weighted by molar-refractivity contribution is -0.385. The summed E-state index contributed by atoms with van der Waals surface area (Å²) in [5.74, 6) is -0.590. The third kappa shape index (κ3) is 3.25. The van der Waals surface area contributed by atoms with Gasteiger partial charge in [0, 0.05) is 18.7 Å². The molecule has 1 aromatic carbocycles. The first-order chi connectivity index (χ1) is 9.40. The van der Waals surface area contributed by atoms with Gasteiger partial charge in [0.2, 0.25) is 0 Å². The van der Waals surface area contributed by atoms with Crippen LogP contribution in [-0.4, -0.2) is 24.1 Å². The summed E-state index contributed by atoms with van der Waals surface area (Å²) in [6.07, 6.45) is 2.28. The Morgan fingerprint density at radius 2 is 2.30 bits per heavy atom. The molecule has 5 nitrogen and oxygen atoms in total. The molecule has 1 aliphatic heterocycles. The molecule has 1 saturated heterocycles. The van der Waals surface area contributed by atoms with E-state index in [9.17, 15) is 14.5 Å². The van der Waals surface area contributed by atoms with Crippen LogP contribution in [0.3, 0.4) is 0 Å². The average molecular weight is 281 g/mol. The van der Waals surface area contributed by atoms with Crippen molar-refractivity contribution in [2.24, 2.45) is 5.41 Å². The van der Waals surface area contributed by atoms with Gasteiger partial charge in [-0.15, -0.1) is 0 Å². The second-order valence-electron chi connectivity index (χ2n) is 5.90. The highest BCUT2D eigenvalue weighted by Crippen LogP contribution is 2.30. The van der Waals surface area contributed by atoms with Crippen LogP contribution < -0.4 is 10.6 Å². The Morgan fingerprint density at radius 1 is 1.55 bits per heavy atom. The number of nitro groups is 1. The number of nitrogens with one attached hydrogen (secondary N) is 2. The normalized spacial score (nSPS) is 21.4. The predicted molar refractivity (Wildman–Crippen MR) is 76.3 cm³/mol. The van der Waals surface area contributed by atoms with Crippen LogP contribution in [0.4, 0.5) is 15.8 Å². The number of anilines is 1. The molecule has 0 saturated carbocycles. The van der Waals surface area contributed by atoms with E-state index in [2.05, 4.69) is 24.5 Å². The minimum atomic E-state index is -0.599. The summed E-state index contributed by atoms with van der Waals surface area (Å²) in [5.41, 5.74) is 0.227. The topological polar surface area (TPSA) is 67.2 Å². The van der Waals surface area contributed by atoms with E-state index in [1.165, 1.54) is 12.1 Å². The van der Waals surface area contributed by atoms with Crippen LogP contribution in [0, 0.1) is 21.3 Å². The summed E-state index contributed by atoms with van der Waals surface area (Å²) < 4.78 is 13.8. The lowest BCUT2D eigenvalue weighted by Gasteiger charge is -2.39. The van der Waals surface area contributed by atoms with E-state index >= 15 is 0 Å². The Labute approximate surface area is 117 Å². The molecule has 0 aliphatic carbocycles. The number of hydrogen-bond donors (Lipinski definition) is 2. The van der Waals surface area contributed by atoms with E-state index in [4.69, 9.17) is 0 Å². The molecule has 0 spiro atoms. The fourth-order valence-corrected chi connectivity index (χ4v) is 2.59. The van der Waals surface area contributed by atoms with Crippen molar-refractivity contribution in [3.05, 3.63) is 34.1 Å². The van der Waals surface area contributed by atoms with Crippen molar-refractivity contribution < 1.29 is 9.31 Å². The van der Waals surface area contributed by atoms with Gasteiger partial charge in [-0.25, -0.2) is 4.39 Å². The zero-order valence-electron chi connectivity index (χ0n) is 11.8. The Kier molecular flexibility index (Phi) is 4.23. The number of nitrogens with zero attached hydrogens (tertiary/aromatic N) is 1. The first kappa shape index (κ1) is 14.7. The van der Waals surface area contributed by atoms with Crippen LogP contribution in [0.5, 0.6) is 0 Å². The van der Waals surface area contributed by atoms with Gasteiger partial charge in [0.05, 0.1) is 16.7 Å².